The molecule has 1 amide bonds. The highest BCUT2D eigenvalue weighted by atomic mass is 32.1. The van der Waals surface area contributed by atoms with Crippen LogP contribution in [0.15, 0.2) is 47.8 Å². The van der Waals surface area contributed by atoms with Gasteiger partial charge in [0.05, 0.1) is 6.04 Å². The molecule has 2 aromatic rings. The SMILES string of the molecule is CC(NC(=O)CCC(N)c1ccccc1)c1cccs1. The summed E-state index contributed by atoms with van der Waals surface area (Å²) in [7, 11) is 0. The monoisotopic (exact) mass is 288 g/mol. The molecule has 0 fully saturated rings. The number of hydrogen-bond acceptors (Lipinski definition) is 3. The predicted octanol–water partition coefficient (Wildman–Crippen LogP) is 3.41. The molecule has 106 valence electrons. The lowest BCUT2D eigenvalue weighted by Gasteiger charge is -2.14. The molecule has 20 heavy (non-hydrogen) atoms. The van der Waals surface area contributed by atoms with Crippen LogP contribution >= 0.6 is 11.3 Å². The molecule has 0 aliphatic heterocycles. The smallest absolute Gasteiger partial charge is 0.220 e. The molecule has 0 aliphatic rings. The number of hydrogen-bond donors (Lipinski definition) is 2. The topological polar surface area (TPSA) is 55.1 Å². The summed E-state index contributed by atoms with van der Waals surface area (Å²) in [6.07, 6.45) is 1.11. The second-order valence-corrected chi connectivity index (χ2v) is 5.84. The van der Waals surface area contributed by atoms with Crippen molar-refractivity contribution >= 4 is 17.2 Å². The van der Waals surface area contributed by atoms with Gasteiger partial charge in [0.1, 0.15) is 0 Å². The van der Waals surface area contributed by atoms with Gasteiger partial charge < -0.3 is 11.1 Å². The second kappa shape index (κ2) is 7.22. The van der Waals surface area contributed by atoms with Crippen LogP contribution in [-0.2, 0) is 4.79 Å². The Morgan fingerprint density at radius 3 is 2.65 bits per heavy atom. The number of nitrogens with one attached hydrogen (secondary N) is 1. The lowest BCUT2D eigenvalue weighted by molar-refractivity contribution is -0.121. The van der Waals surface area contributed by atoms with Crippen LogP contribution in [-0.4, -0.2) is 5.91 Å². The summed E-state index contributed by atoms with van der Waals surface area (Å²) < 4.78 is 0. The minimum Gasteiger partial charge on any atom is -0.349 e. The Morgan fingerprint density at radius 2 is 2.00 bits per heavy atom. The van der Waals surface area contributed by atoms with Crippen LogP contribution in [0.1, 0.15) is 42.3 Å². The number of thiophene rings is 1. The Kier molecular flexibility index (Phi) is 5.32. The van der Waals surface area contributed by atoms with E-state index in [9.17, 15) is 4.79 Å². The third-order valence-electron chi connectivity index (χ3n) is 3.26. The Balaban J connectivity index is 1.78. The highest BCUT2D eigenvalue weighted by molar-refractivity contribution is 7.10. The van der Waals surface area contributed by atoms with E-state index in [1.807, 2.05) is 54.8 Å². The van der Waals surface area contributed by atoms with E-state index in [2.05, 4.69) is 5.32 Å². The van der Waals surface area contributed by atoms with Crippen LogP contribution in [0.3, 0.4) is 0 Å². The molecule has 1 aromatic carbocycles. The molecule has 0 radical (unpaired) electrons. The van der Waals surface area contributed by atoms with Gasteiger partial charge in [-0.3, -0.25) is 4.79 Å². The molecule has 0 saturated heterocycles. The number of carbonyl (C=O) groups excluding carboxylic acids is 1. The van der Waals surface area contributed by atoms with Crippen molar-refractivity contribution in [1.29, 1.82) is 0 Å². The molecule has 2 rings (SSSR count). The number of amides is 1. The fourth-order valence-electron chi connectivity index (χ4n) is 2.08. The van der Waals surface area contributed by atoms with E-state index < -0.39 is 0 Å². The van der Waals surface area contributed by atoms with E-state index in [1.165, 1.54) is 4.88 Å². The van der Waals surface area contributed by atoms with Crippen LogP contribution < -0.4 is 11.1 Å². The molecule has 0 aliphatic carbocycles. The molecule has 0 bridgehead atoms. The summed E-state index contributed by atoms with van der Waals surface area (Å²) in [5.74, 6) is 0.0530. The van der Waals surface area contributed by atoms with Crippen molar-refractivity contribution in [2.24, 2.45) is 5.73 Å². The van der Waals surface area contributed by atoms with Crippen LogP contribution in [0.2, 0.25) is 0 Å². The Labute approximate surface area is 123 Å². The zero-order valence-corrected chi connectivity index (χ0v) is 12.4. The summed E-state index contributed by atoms with van der Waals surface area (Å²) in [6, 6.07) is 13.9. The number of carbonyl (C=O) groups is 1. The van der Waals surface area contributed by atoms with Gasteiger partial charge >= 0.3 is 0 Å². The second-order valence-electron chi connectivity index (χ2n) is 4.86. The Bertz CT molecular complexity index is 525. The van der Waals surface area contributed by atoms with Gasteiger partial charge in [-0.05, 0) is 30.4 Å². The van der Waals surface area contributed by atoms with Crippen LogP contribution in [0.4, 0.5) is 0 Å². The minimum absolute atomic E-state index is 0.0530. The van der Waals surface area contributed by atoms with E-state index in [0.29, 0.717) is 12.8 Å². The van der Waals surface area contributed by atoms with Crippen molar-refractivity contribution in [3.05, 3.63) is 58.3 Å². The van der Waals surface area contributed by atoms with Crippen LogP contribution in [0.5, 0.6) is 0 Å². The van der Waals surface area contributed by atoms with Gasteiger partial charge in [-0.25, -0.2) is 0 Å². The number of nitrogens with two attached hydrogens (primary N) is 1. The van der Waals surface area contributed by atoms with Crippen molar-refractivity contribution in [1.82, 2.24) is 5.32 Å². The van der Waals surface area contributed by atoms with Crippen molar-refractivity contribution in [2.75, 3.05) is 0 Å². The third-order valence-corrected chi connectivity index (χ3v) is 4.31. The molecule has 3 nitrogen and oxygen atoms in total. The highest BCUT2D eigenvalue weighted by Crippen LogP contribution is 2.19. The first-order chi connectivity index (χ1) is 9.66. The van der Waals surface area contributed by atoms with E-state index in [-0.39, 0.29) is 18.0 Å². The lowest BCUT2D eigenvalue weighted by Crippen LogP contribution is -2.27. The standard InChI is InChI=1S/C16H20N2OS/c1-12(15-8-5-11-20-15)18-16(19)10-9-14(17)13-6-3-2-4-7-13/h2-8,11-12,14H,9-10,17H2,1H3,(H,18,19). The van der Waals surface area contributed by atoms with Gasteiger partial charge in [0.25, 0.3) is 0 Å². The first kappa shape index (κ1) is 14.8. The van der Waals surface area contributed by atoms with Gasteiger partial charge in [0, 0.05) is 17.3 Å². The summed E-state index contributed by atoms with van der Waals surface area (Å²) in [4.78, 5) is 13.1. The number of rotatable bonds is 6. The molecule has 1 heterocycles. The maximum Gasteiger partial charge on any atom is 0.220 e. The molecule has 0 saturated carbocycles. The highest BCUT2D eigenvalue weighted by Gasteiger charge is 2.12. The Hall–Kier alpha value is -1.65. The predicted molar refractivity (Wildman–Crippen MR) is 83.5 cm³/mol. The summed E-state index contributed by atoms with van der Waals surface area (Å²) in [6.45, 7) is 2.00. The average molecular weight is 288 g/mol. The van der Waals surface area contributed by atoms with Crippen molar-refractivity contribution in [2.45, 2.75) is 31.8 Å². The fraction of sp³-hybridized carbons (Fsp3) is 0.312. The Morgan fingerprint density at radius 1 is 1.25 bits per heavy atom. The van der Waals surface area contributed by atoms with Crippen molar-refractivity contribution < 1.29 is 4.79 Å². The van der Waals surface area contributed by atoms with Gasteiger partial charge in [0.2, 0.25) is 5.91 Å². The fourth-order valence-corrected chi connectivity index (χ4v) is 2.81. The molecule has 4 heteroatoms. The minimum atomic E-state index is -0.0843. The van der Waals surface area contributed by atoms with Crippen molar-refractivity contribution in [3.63, 3.8) is 0 Å². The number of benzene rings is 1. The lowest BCUT2D eigenvalue weighted by atomic mass is 10.0. The molecule has 2 atom stereocenters. The molecule has 3 N–H and O–H groups in total. The van der Waals surface area contributed by atoms with Crippen molar-refractivity contribution in [3.8, 4) is 0 Å². The van der Waals surface area contributed by atoms with E-state index >= 15 is 0 Å². The third kappa shape index (κ3) is 4.18. The van der Waals surface area contributed by atoms with Crippen LogP contribution in [0, 0.1) is 0 Å². The van der Waals surface area contributed by atoms with E-state index in [4.69, 9.17) is 5.73 Å². The normalized spacial score (nSPS) is 13.7. The van der Waals surface area contributed by atoms with Gasteiger partial charge in [-0.2, -0.15) is 0 Å². The molecule has 0 spiro atoms. The van der Waals surface area contributed by atoms with E-state index in [0.717, 1.165) is 5.56 Å². The maximum atomic E-state index is 11.9. The average Bonchev–Trinajstić information content (AvgIpc) is 3.00. The largest absolute Gasteiger partial charge is 0.349 e. The molecule has 2 unspecified atom stereocenters. The molecular formula is C16H20N2OS. The molecular weight excluding hydrogens is 268 g/mol. The summed E-state index contributed by atoms with van der Waals surface area (Å²) >= 11 is 1.65. The van der Waals surface area contributed by atoms with Gasteiger partial charge in [-0.15, -0.1) is 11.3 Å². The first-order valence-corrected chi connectivity index (χ1v) is 7.68. The molecule has 1 aromatic heterocycles. The first-order valence-electron chi connectivity index (χ1n) is 6.80. The maximum absolute atomic E-state index is 11.9. The summed E-state index contributed by atoms with van der Waals surface area (Å²) in [5.41, 5.74) is 7.17. The van der Waals surface area contributed by atoms with Gasteiger partial charge in [0.15, 0.2) is 0 Å². The zero-order valence-electron chi connectivity index (χ0n) is 11.6. The zero-order chi connectivity index (χ0) is 14.4. The van der Waals surface area contributed by atoms with Crippen LogP contribution in [0.25, 0.3) is 0 Å². The quantitative estimate of drug-likeness (QED) is 0.856. The van der Waals surface area contributed by atoms with Gasteiger partial charge in [-0.1, -0.05) is 36.4 Å². The summed E-state index contributed by atoms with van der Waals surface area (Å²) in [5, 5.41) is 5.02. The van der Waals surface area contributed by atoms with E-state index in [1.54, 1.807) is 11.3 Å².